The first-order valence-corrected chi connectivity index (χ1v) is 11.3. The number of carbonyl (C=O) groups is 1. The zero-order valence-corrected chi connectivity index (χ0v) is 19.5. The monoisotopic (exact) mass is 460 g/mol. The summed E-state index contributed by atoms with van der Waals surface area (Å²) in [6.45, 7) is 0. The zero-order valence-electron chi connectivity index (χ0n) is 18.6. The minimum Gasteiger partial charge on any atom is -0.497 e. The van der Waals surface area contributed by atoms with Gasteiger partial charge in [-0.1, -0.05) is 42.1 Å². The average molecular weight is 461 g/mol. The normalized spacial score (nSPS) is 14.4. The fraction of sp³-hybridized carbons (Fsp3) is 0.154. The number of anilines is 1. The number of carbonyl (C=O) groups excluding carboxylic acids is 1. The van der Waals surface area contributed by atoms with E-state index in [2.05, 4.69) is 4.99 Å². The van der Waals surface area contributed by atoms with Crippen molar-refractivity contribution in [2.75, 3.05) is 26.2 Å². The molecule has 7 heteroatoms. The lowest BCUT2D eigenvalue weighted by Crippen LogP contribution is -2.30. The fourth-order valence-electron chi connectivity index (χ4n) is 3.30. The Morgan fingerprint density at radius 2 is 1.48 bits per heavy atom. The highest BCUT2D eigenvalue weighted by Crippen LogP contribution is 2.32. The Morgan fingerprint density at radius 1 is 0.848 bits per heavy atom. The summed E-state index contributed by atoms with van der Waals surface area (Å²) in [4.78, 5) is 19.7. The molecule has 0 saturated heterocycles. The van der Waals surface area contributed by atoms with Gasteiger partial charge in [0.1, 0.15) is 22.9 Å². The average Bonchev–Trinajstić information content (AvgIpc) is 3.18. The zero-order chi connectivity index (χ0) is 23.2. The summed E-state index contributed by atoms with van der Waals surface area (Å²) in [6, 6.07) is 22.8. The van der Waals surface area contributed by atoms with E-state index in [1.807, 2.05) is 72.8 Å². The predicted molar refractivity (Wildman–Crippen MR) is 133 cm³/mol. The molecule has 0 N–H and O–H groups in total. The van der Waals surface area contributed by atoms with Crippen LogP contribution in [0.5, 0.6) is 17.2 Å². The van der Waals surface area contributed by atoms with Gasteiger partial charge in [0.15, 0.2) is 5.17 Å². The fourth-order valence-corrected chi connectivity index (χ4v) is 4.27. The van der Waals surface area contributed by atoms with Gasteiger partial charge in [0, 0.05) is 11.8 Å². The highest BCUT2D eigenvalue weighted by molar-refractivity contribution is 8.13. The van der Waals surface area contributed by atoms with Gasteiger partial charge < -0.3 is 14.2 Å². The maximum absolute atomic E-state index is 13.4. The minimum atomic E-state index is -0.184. The third-order valence-corrected chi connectivity index (χ3v) is 6.10. The molecule has 1 heterocycles. The van der Waals surface area contributed by atoms with Crippen LogP contribution in [-0.2, 0) is 10.5 Å². The summed E-state index contributed by atoms with van der Waals surface area (Å²) in [5.74, 6) is 2.71. The number of benzene rings is 3. The second kappa shape index (κ2) is 10.3. The van der Waals surface area contributed by atoms with Gasteiger partial charge in [-0.15, -0.1) is 0 Å². The second-order valence-electron chi connectivity index (χ2n) is 7.18. The minimum absolute atomic E-state index is 0.184. The molecule has 168 valence electrons. The molecule has 0 aliphatic carbocycles. The number of aliphatic imine (C=N–C) groups is 1. The van der Waals surface area contributed by atoms with E-state index in [1.165, 1.54) is 11.8 Å². The topological polar surface area (TPSA) is 60.4 Å². The lowest BCUT2D eigenvalue weighted by atomic mass is 10.2. The first-order valence-electron chi connectivity index (χ1n) is 10.3. The van der Waals surface area contributed by atoms with Gasteiger partial charge in [-0.3, -0.25) is 9.69 Å². The summed E-state index contributed by atoms with van der Waals surface area (Å²) in [5, 5.41) is 0.615. The van der Waals surface area contributed by atoms with E-state index >= 15 is 0 Å². The molecule has 0 fully saturated rings. The molecule has 3 aromatic carbocycles. The maximum atomic E-state index is 13.4. The van der Waals surface area contributed by atoms with Crippen molar-refractivity contribution in [3.63, 3.8) is 0 Å². The van der Waals surface area contributed by atoms with Crippen molar-refractivity contribution in [1.29, 1.82) is 0 Å². The van der Waals surface area contributed by atoms with Crippen molar-refractivity contribution in [3.05, 3.63) is 89.6 Å². The number of thioether (sulfide) groups is 1. The smallest absolute Gasteiger partial charge is 0.283 e. The number of amides is 1. The molecule has 3 aromatic rings. The Morgan fingerprint density at radius 3 is 2.12 bits per heavy atom. The largest absolute Gasteiger partial charge is 0.497 e. The van der Waals surface area contributed by atoms with Crippen LogP contribution >= 0.6 is 11.8 Å². The molecule has 1 amide bonds. The number of amidine groups is 1. The summed E-state index contributed by atoms with van der Waals surface area (Å²) in [6.07, 6.45) is 1.79. The van der Waals surface area contributed by atoms with Crippen molar-refractivity contribution in [3.8, 4) is 17.2 Å². The van der Waals surface area contributed by atoms with Crippen LogP contribution in [0.1, 0.15) is 11.1 Å². The summed E-state index contributed by atoms with van der Waals surface area (Å²) < 4.78 is 15.8. The van der Waals surface area contributed by atoms with Crippen molar-refractivity contribution in [2.24, 2.45) is 4.99 Å². The molecule has 0 spiro atoms. The van der Waals surface area contributed by atoms with Gasteiger partial charge in [-0.2, -0.15) is 0 Å². The van der Waals surface area contributed by atoms with E-state index in [0.29, 0.717) is 28.1 Å². The molecule has 0 atom stereocenters. The molecule has 33 heavy (non-hydrogen) atoms. The maximum Gasteiger partial charge on any atom is 0.283 e. The van der Waals surface area contributed by atoms with Crippen molar-refractivity contribution in [1.82, 2.24) is 0 Å². The predicted octanol–water partition coefficient (Wildman–Crippen LogP) is 5.39. The molecule has 0 bridgehead atoms. The summed E-state index contributed by atoms with van der Waals surface area (Å²) in [7, 11) is 4.87. The van der Waals surface area contributed by atoms with Crippen LogP contribution in [0, 0.1) is 0 Å². The van der Waals surface area contributed by atoms with E-state index < -0.39 is 0 Å². The van der Waals surface area contributed by atoms with Crippen molar-refractivity contribution >= 4 is 34.6 Å². The highest BCUT2D eigenvalue weighted by Gasteiger charge is 2.32. The molecular weight excluding hydrogens is 436 g/mol. The SMILES string of the molecule is COc1ccc(/C=C2/N=C(SCc3ccc(OC)cc3)N(c3cccc(OC)c3)C2=O)cc1. The Balaban J connectivity index is 1.64. The molecular formula is C26H24N2O4S. The number of nitrogens with zero attached hydrogens (tertiary/aromatic N) is 2. The summed E-state index contributed by atoms with van der Waals surface area (Å²) in [5.41, 5.74) is 3.06. The second-order valence-corrected chi connectivity index (χ2v) is 8.12. The number of hydrogen-bond donors (Lipinski definition) is 0. The van der Waals surface area contributed by atoms with Crippen LogP contribution in [0.15, 0.2) is 83.5 Å². The van der Waals surface area contributed by atoms with Gasteiger partial charge in [-0.05, 0) is 53.6 Å². The molecule has 1 aliphatic rings. The number of rotatable bonds is 7. The Kier molecular flexibility index (Phi) is 7.00. The quantitative estimate of drug-likeness (QED) is 0.443. The van der Waals surface area contributed by atoms with E-state index in [4.69, 9.17) is 14.2 Å². The lowest BCUT2D eigenvalue weighted by Gasteiger charge is -2.18. The van der Waals surface area contributed by atoms with E-state index in [0.717, 1.165) is 22.6 Å². The summed E-state index contributed by atoms with van der Waals surface area (Å²) >= 11 is 1.50. The van der Waals surface area contributed by atoms with Gasteiger partial charge in [0.05, 0.1) is 27.0 Å². The van der Waals surface area contributed by atoms with Crippen LogP contribution in [0.3, 0.4) is 0 Å². The lowest BCUT2D eigenvalue weighted by molar-refractivity contribution is -0.113. The van der Waals surface area contributed by atoms with Crippen LogP contribution in [0.25, 0.3) is 6.08 Å². The standard InChI is InChI=1S/C26H24N2O4S/c1-30-21-11-7-18(8-12-21)15-24-25(29)28(20-5-4-6-23(16-20)32-3)26(27-24)33-17-19-9-13-22(31-2)14-10-19/h4-16H,17H2,1-3H3/b24-15+. The van der Waals surface area contributed by atoms with Gasteiger partial charge in [0.2, 0.25) is 0 Å². The third-order valence-electron chi connectivity index (χ3n) is 5.09. The van der Waals surface area contributed by atoms with Gasteiger partial charge in [-0.25, -0.2) is 4.99 Å². The molecule has 0 unspecified atom stereocenters. The number of methoxy groups -OCH3 is 3. The van der Waals surface area contributed by atoms with E-state index in [9.17, 15) is 4.79 Å². The highest BCUT2D eigenvalue weighted by atomic mass is 32.2. The number of ether oxygens (including phenoxy) is 3. The van der Waals surface area contributed by atoms with Crippen LogP contribution < -0.4 is 19.1 Å². The molecule has 4 rings (SSSR count). The Bertz CT molecular complexity index is 1190. The van der Waals surface area contributed by atoms with Crippen LogP contribution in [0.4, 0.5) is 5.69 Å². The third kappa shape index (κ3) is 5.21. The molecule has 1 aliphatic heterocycles. The molecule has 0 radical (unpaired) electrons. The van der Waals surface area contributed by atoms with E-state index in [-0.39, 0.29) is 5.91 Å². The van der Waals surface area contributed by atoms with Gasteiger partial charge in [0.25, 0.3) is 5.91 Å². The number of hydrogen-bond acceptors (Lipinski definition) is 6. The first kappa shape index (κ1) is 22.5. The Labute approximate surface area is 197 Å². The van der Waals surface area contributed by atoms with Gasteiger partial charge >= 0.3 is 0 Å². The van der Waals surface area contributed by atoms with Crippen molar-refractivity contribution < 1.29 is 19.0 Å². The molecule has 0 saturated carbocycles. The first-order chi connectivity index (χ1) is 16.1. The molecule has 0 aromatic heterocycles. The molecule has 6 nitrogen and oxygen atoms in total. The van der Waals surface area contributed by atoms with Crippen LogP contribution in [0.2, 0.25) is 0 Å². The van der Waals surface area contributed by atoms with E-state index in [1.54, 1.807) is 32.3 Å². The van der Waals surface area contributed by atoms with Crippen LogP contribution in [-0.4, -0.2) is 32.4 Å². The Hall–Kier alpha value is -3.71. The van der Waals surface area contributed by atoms with Crippen molar-refractivity contribution in [2.45, 2.75) is 5.75 Å².